The Labute approximate surface area is 152 Å². The Morgan fingerprint density at radius 1 is 0.923 bits per heavy atom. The summed E-state index contributed by atoms with van der Waals surface area (Å²) in [4.78, 5) is 12.3. The summed E-state index contributed by atoms with van der Waals surface area (Å²) in [5, 5.41) is 6.13. The lowest BCUT2D eigenvalue weighted by Crippen LogP contribution is -2.32. The summed E-state index contributed by atoms with van der Waals surface area (Å²) in [6.07, 6.45) is 0. The maximum atomic E-state index is 13.0. The van der Waals surface area contributed by atoms with Crippen LogP contribution in [0.4, 0.5) is 10.1 Å². The molecular formula is C22H21FN2O. The minimum atomic E-state index is -0.286. The van der Waals surface area contributed by atoms with E-state index >= 15 is 0 Å². The van der Waals surface area contributed by atoms with Gasteiger partial charge in [0.05, 0.1) is 12.6 Å². The summed E-state index contributed by atoms with van der Waals surface area (Å²) in [7, 11) is 0. The summed E-state index contributed by atoms with van der Waals surface area (Å²) in [6.45, 7) is 2.04. The molecule has 1 atom stereocenters. The zero-order chi connectivity index (χ0) is 18.4. The first-order chi connectivity index (χ1) is 12.6. The van der Waals surface area contributed by atoms with Crippen molar-refractivity contribution in [1.29, 1.82) is 0 Å². The quantitative estimate of drug-likeness (QED) is 0.673. The molecular weight excluding hydrogens is 327 g/mol. The van der Waals surface area contributed by atoms with Gasteiger partial charge in [0, 0.05) is 11.3 Å². The topological polar surface area (TPSA) is 41.1 Å². The largest absolute Gasteiger partial charge is 0.376 e. The summed E-state index contributed by atoms with van der Waals surface area (Å²) >= 11 is 0. The number of hydrogen-bond donors (Lipinski definition) is 2. The number of rotatable bonds is 6. The van der Waals surface area contributed by atoms with Crippen molar-refractivity contribution in [3.05, 3.63) is 90.2 Å². The number of benzene rings is 3. The second-order valence-electron chi connectivity index (χ2n) is 6.11. The van der Waals surface area contributed by atoms with E-state index in [2.05, 4.69) is 10.6 Å². The highest BCUT2D eigenvalue weighted by atomic mass is 19.1. The fourth-order valence-corrected chi connectivity index (χ4v) is 2.81. The van der Waals surface area contributed by atoms with Gasteiger partial charge in [-0.05, 0) is 36.2 Å². The third kappa shape index (κ3) is 4.48. The monoisotopic (exact) mass is 348 g/mol. The van der Waals surface area contributed by atoms with Crippen LogP contribution in [0, 0.1) is 5.82 Å². The van der Waals surface area contributed by atoms with Crippen molar-refractivity contribution in [2.45, 2.75) is 13.0 Å². The molecule has 3 aromatic carbocycles. The molecule has 0 aromatic heterocycles. The van der Waals surface area contributed by atoms with Crippen molar-refractivity contribution in [3.63, 3.8) is 0 Å². The lowest BCUT2D eigenvalue weighted by Gasteiger charge is -2.16. The van der Waals surface area contributed by atoms with Crippen LogP contribution in [0.25, 0.3) is 11.1 Å². The van der Waals surface area contributed by atoms with E-state index in [-0.39, 0.29) is 24.3 Å². The molecule has 3 rings (SSSR count). The molecule has 0 aliphatic carbocycles. The first-order valence-corrected chi connectivity index (χ1v) is 8.56. The minimum absolute atomic E-state index is 0.121. The molecule has 3 nitrogen and oxygen atoms in total. The van der Waals surface area contributed by atoms with Gasteiger partial charge in [0.25, 0.3) is 0 Å². The molecule has 0 saturated carbocycles. The number of anilines is 1. The van der Waals surface area contributed by atoms with Gasteiger partial charge >= 0.3 is 0 Å². The van der Waals surface area contributed by atoms with Crippen LogP contribution in [0.15, 0.2) is 78.9 Å². The molecule has 26 heavy (non-hydrogen) atoms. The SMILES string of the molecule is CC(NC(=O)CNc1ccccc1-c1ccccc1)c1ccc(F)cc1. The Hall–Kier alpha value is -3.14. The Morgan fingerprint density at radius 2 is 1.58 bits per heavy atom. The Morgan fingerprint density at radius 3 is 2.31 bits per heavy atom. The molecule has 0 saturated heterocycles. The van der Waals surface area contributed by atoms with Crippen LogP contribution in [-0.2, 0) is 4.79 Å². The predicted molar refractivity (Wildman–Crippen MR) is 103 cm³/mol. The van der Waals surface area contributed by atoms with Gasteiger partial charge in [-0.3, -0.25) is 4.79 Å². The van der Waals surface area contributed by atoms with Gasteiger partial charge in [0.15, 0.2) is 0 Å². The molecule has 1 unspecified atom stereocenters. The smallest absolute Gasteiger partial charge is 0.239 e. The van der Waals surface area contributed by atoms with Crippen LogP contribution in [0.1, 0.15) is 18.5 Å². The highest BCUT2D eigenvalue weighted by Gasteiger charge is 2.11. The first-order valence-electron chi connectivity index (χ1n) is 8.56. The summed E-state index contributed by atoms with van der Waals surface area (Å²) < 4.78 is 13.0. The Bertz CT molecular complexity index is 863. The maximum Gasteiger partial charge on any atom is 0.239 e. The lowest BCUT2D eigenvalue weighted by atomic mass is 10.0. The van der Waals surface area contributed by atoms with Crippen molar-refractivity contribution >= 4 is 11.6 Å². The number of nitrogens with one attached hydrogen (secondary N) is 2. The Balaban J connectivity index is 1.62. The molecule has 3 aromatic rings. The second kappa shape index (κ2) is 8.30. The number of carbonyl (C=O) groups is 1. The molecule has 132 valence electrons. The van der Waals surface area contributed by atoms with Gasteiger partial charge in [0.1, 0.15) is 5.82 Å². The maximum absolute atomic E-state index is 13.0. The molecule has 0 aliphatic heterocycles. The van der Waals surface area contributed by atoms with Crippen LogP contribution >= 0.6 is 0 Å². The van der Waals surface area contributed by atoms with Crippen molar-refractivity contribution in [3.8, 4) is 11.1 Å². The molecule has 4 heteroatoms. The van der Waals surface area contributed by atoms with Crippen molar-refractivity contribution in [2.75, 3.05) is 11.9 Å². The van der Waals surface area contributed by atoms with Gasteiger partial charge in [-0.25, -0.2) is 4.39 Å². The lowest BCUT2D eigenvalue weighted by molar-refractivity contribution is -0.120. The van der Waals surface area contributed by atoms with Gasteiger partial charge < -0.3 is 10.6 Å². The number of amides is 1. The van der Waals surface area contributed by atoms with Gasteiger partial charge in [-0.1, -0.05) is 60.7 Å². The minimum Gasteiger partial charge on any atom is -0.376 e. The van der Waals surface area contributed by atoms with E-state index in [1.54, 1.807) is 12.1 Å². The van der Waals surface area contributed by atoms with E-state index in [4.69, 9.17) is 0 Å². The van der Waals surface area contributed by atoms with Gasteiger partial charge in [0.2, 0.25) is 5.91 Å². The van der Waals surface area contributed by atoms with Gasteiger partial charge in [-0.2, -0.15) is 0 Å². The predicted octanol–water partition coefficient (Wildman–Crippen LogP) is 4.78. The number of carbonyl (C=O) groups excluding carboxylic acids is 1. The third-order valence-corrected chi connectivity index (χ3v) is 4.20. The van der Waals surface area contributed by atoms with Crippen LogP contribution < -0.4 is 10.6 Å². The highest BCUT2D eigenvalue weighted by molar-refractivity contribution is 5.84. The zero-order valence-corrected chi connectivity index (χ0v) is 14.6. The third-order valence-electron chi connectivity index (χ3n) is 4.20. The van der Waals surface area contributed by atoms with Crippen LogP contribution in [-0.4, -0.2) is 12.5 Å². The van der Waals surface area contributed by atoms with E-state index < -0.39 is 0 Å². The molecule has 0 aliphatic rings. The van der Waals surface area contributed by atoms with E-state index in [1.165, 1.54) is 12.1 Å². The van der Waals surface area contributed by atoms with Crippen molar-refractivity contribution in [2.24, 2.45) is 0 Å². The fourth-order valence-electron chi connectivity index (χ4n) is 2.81. The first kappa shape index (κ1) is 17.7. The van der Waals surface area contributed by atoms with Gasteiger partial charge in [-0.15, -0.1) is 0 Å². The summed E-state index contributed by atoms with van der Waals surface area (Å²) in [5.41, 5.74) is 3.91. The molecule has 0 spiro atoms. The Kier molecular flexibility index (Phi) is 5.64. The van der Waals surface area contributed by atoms with Crippen LogP contribution in [0.3, 0.4) is 0 Å². The van der Waals surface area contributed by atoms with E-state index in [9.17, 15) is 9.18 Å². The van der Waals surface area contributed by atoms with Crippen molar-refractivity contribution < 1.29 is 9.18 Å². The van der Waals surface area contributed by atoms with E-state index in [0.717, 1.165) is 22.4 Å². The molecule has 0 heterocycles. The average molecular weight is 348 g/mol. The molecule has 0 radical (unpaired) electrons. The van der Waals surface area contributed by atoms with Crippen LogP contribution in [0.2, 0.25) is 0 Å². The summed E-state index contributed by atoms with van der Waals surface area (Å²) in [5.74, 6) is -0.406. The number of para-hydroxylation sites is 1. The molecule has 1 amide bonds. The molecule has 0 bridgehead atoms. The molecule has 2 N–H and O–H groups in total. The summed E-state index contributed by atoms with van der Waals surface area (Å²) in [6, 6.07) is 23.9. The average Bonchev–Trinajstić information content (AvgIpc) is 2.68. The molecule has 0 fully saturated rings. The van der Waals surface area contributed by atoms with E-state index in [0.29, 0.717) is 0 Å². The fraction of sp³-hybridized carbons (Fsp3) is 0.136. The number of hydrogen-bond acceptors (Lipinski definition) is 2. The second-order valence-corrected chi connectivity index (χ2v) is 6.11. The van der Waals surface area contributed by atoms with Crippen LogP contribution in [0.5, 0.6) is 0 Å². The number of halogens is 1. The normalized spacial score (nSPS) is 11.6. The highest BCUT2D eigenvalue weighted by Crippen LogP contribution is 2.27. The standard InChI is InChI=1S/C22H21FN2O/c1-16(17-11-13-19(23)14-12-17)25-22(26)15-24-21-10-6-5-9-20(21)18-7-3-2-4-8-18/h2-14,16,24H,15H2,1H3,(H,25,26). The zero-order valence-electron chi connectivity index (χ0n) is 14.6. The van der Waals surface area contributed by atoms with E-state index in [1.807, 2.05) is 61.5 Å². The van der Waals surface area contributed by atoms with Crippen molar-refractivity contribution in [1.82, 2.24) is 5.32 Å².